The zero-order valence-electron chi connectivity index (χ0n) is 4.91. The molecule has 0 amide bonds. The second kappa shape index (κ2) is 2.40. The van der Waals surface area contributed by atoms with Crippen LogP contribution in [0.1, 0.15) is 6.42 Å². The van der Waals surface area contributed by atoms with Gasteiger partial charge < -0.3 is 10.2 Å². The zero-order chi connectivity index (χ0) is 6.69. The van der Waals surface area contributed by atoms with Gasteiger partial charge in [-0.15, -0.1) is 0 Å². The maximum Gasteiger partial charge on any atom is 0.0967 e. The number of hydrogen-bond acceptors (Lipinski definition) is 2. The molecule has 0 heterocycles. The summed E-state index contributed by atoms with van der Waals surface area (Å²) in [5, 5.41) is 17.3. The van der Waals surface area contributed by atoms with Gasteiger partial charge in [-0.2, -0.15) is 0 Å². The highest BCUT2D eigenvalue weighted by Gasteiger charge is 1.99. The van der Waals surface area contributed by atoms with Crippen LogP contribution in [0, 0.1) is 0 Å². The Morgan fingerprint density at radius 2 is 2.33 bits per heavy atom. The second-order valence-corrected chi connectivity index (χ2v) is 1.90. The predicted octanol–water partition coefficient (Wildman–Crippen LogP) is 1.83. The van der Waals surface area contributed by atoms with E-state index < -0.39 is 0 Å². The minimum Gasteiger partial charge on any atom is -0.515 e. The fourth-order valence-electron chi connectivity index (χ4n) is 0.698. The third-order valence-electron chi connectivity index (χ3n) is 1.15. The Labute approximate surface area is 53.4 Å². The van der Waals surface area contributed by atoms with E-state index in [9.17, 15) is 0 Å². The van der Waals surface area contributed by atoms with Crippen LogP contribution in [0.3, 0.4) is 0 Å². The van der Waals surface area contributed by atoms with E-state index in [-0.39, 0.29) is 5.76 Å². The van der Waals surface area contributed by atoms with Crippen LogP contribution < -0.4 is 0 Å². The second-order valence-electron chi connectivity index (χ2n) is 1.90. The molecular formula is C7H8O2. The van der Waals surface area contributed by atoms with Gasteiger partial charge in [-0.05, 0) is 11.6 Å². The van der Waals surface area contributed by atoms with Gasteiger partial charge in [0, 0.05) is 6.42 Å². The molecule has 0 unspecified atom stereocenters. The summed E-state index contributed by atoms with van der Waals surface area (Å²) in [5.74, 6) is 0.290. The maximum absolute atomic E-state index is 8.87. The van der Waals surface area contributed by atoms with Crippen LogP contribution in [0.5, 0.6) is 0 Å². The Morgan fingerprint density at radius 3 is 2.78 bits per heavy atom. The molecule has 2 N–H and O–H groups in total. The molecule has 0 saturated heterocycles. The molecule has 1 rings (SSSR count). The number of allylic oxidation sites excluding steroid dienone is 4. The molecular weight excluding hydrogens is 116 g/mol. The lowest BCUT2D eigenvalue weighted by atomic mass is 10.1. The first-order valence-corrected chi connectivity index (χ1v) is 2.72. The highest BCUT2D eigenvalue weighted by Crippen LogP contribution is 2.13. The van der Waals surface area contributed by atoms with E-state index >= 15 is 0 Å². The van der Waals surface area contributed by atoms with Crippen LogP contribution in [0.25, 0.3) is 0 Å². The maximum atomic E-state index is 8.87. The largest absolute Gasteiger partial charge is 0.515 e. The van der Waals surface area contributed by atoms with Gasteiger partial charge in [-0.1, -0.05) is 12.2 Å². The van der Waals surface area contributed by atoms with Crippen molar-refractivity contribution in [3.63, 3.8) is 0 Å². The van der Waals surface area contributed by atoms with Gasteiger partial charge in [0.05, 0.1) is 12.0 Å². The van der Waals surface area contributed by atoms with Gasteiger partial charge >= 0.3 is 0 Å². The molecule has 1 aliphatic carbocycles. The lowest BCUT2D eigenvalue weighted by molar-refractivity contribution is 0.393. The van der Waals surface area contributed by atoms with Gasteiger partial charge in [0.2, 0.25) is 0 Å². The van der Waals surface area contributed by atoms with Crippen molar-refractivity contribution in [2.45, 2.75) is 6.42 Å². The van der Waals surface area contributed by atoms with E-state index in [1.807, 2.05) is 0 Å². The van der Waals surface area contributed by atoms with Crippen molar-refractivity contribution in [3.8, 4) is 0 Å². The number of hydrogen-bond donors (Lipinski definition) is 2. The van der Waals surface area contributed by atoms with Crippen molar-refractivity contribution in [3.05, 3.63) is 35.8 Å². The minimum absolute atomic E-state index is 0.290. The molecule has 0 fully saturated rings. The van der Waals surface area contributed by atoms with Crippen molar-refractivity contribution in [2.75, 3.05) is 0 Å². The number of aliphatic hydroxyl groups is 2. The molecule has 48 valence electrons. The van der Waals surface area contributed by atoms with Gasteiger partial charge in [0.25, 0.3) is 0 Å². The molecule has 0 bridgehead atoms. The third kappa shape index (κ3) is 1.35. The lowest BCUT2D eigenvalue weighted by Gasteiger charge is -2.02. The molecule has 0 radical (unpaired) electrons. The lowest BCUT2D eigenvalue weighted by Crippen LogP contribution is -1.88. The first kappa shape index (κ1) is 5.95. The van der Waals surface area contributed by atoms with Crippen molar-refractivity contribution in [1.82, 2.24) is 0 Å². The number of rotatable bonds is 0. The Balaban J connectivity index is 2.73. The van der Waals surface area contributed by atoms with Gasteiger partial charge in [0.15, 0.2) is 0 Å². The summed E-state index contributed by atoms with van der Waals surface area (Å²) in [6, 6.07) is 0. The van der Waals surface area contributed by atoms with Crippen LogP contribution >= 0.6 is 0 Å². The first-order valence-electron chi connectivity index (χ1n) is 2.72. The quantitative estimate of drug-likeness (QED) is 0.483. The van der Waals surface area contributed by atoms with E-state index in [1.165, 1.54) is 0 Å². The highest BCUT2D eigenvalue weighted by molar-refractivity contribution is 5.30. The molecule has 9 heavy (non-hydrogen) atoms. The molecule has 1 aliphatic rings. The summed E-state index contributed by atoms with van der Waals surface area (Å²) in [6.45, 7) is 0. The summed E-state index contributed by atoms with van der Waals surface area (Å²) in [6.07, 6.45) is 6.49. The molecule has 0 aliphatic heterocycles. The normalized spacial score (nSPS) is 22.2. The van der Waals surface area contributed by atoms with E-state index in [0.29, 0.717) is 6.42 Å². The highest BCUT2D eigenvalue weighted by atomic mass is 16.3. The standard InChI is InChI=1S/C7H8O2/c8-5-6-2-1-3-7(9)4-6/h1-3,5,8-9H,4H2. The molecule has 2 heteroatoms. The van der Waals surface area contributed by atoms with E-state index in [0.717, 1.165) is 11.8 Å². The fraction of sp³-hybridized carbons (Fsp3) is 0.143. The minimum atomic E-state index is 0.290. The average molecular weight is 124 g/mol. The van der Waals surface area contributed by atoms with Crippen molar-refractivity contribution < 1.29 is 10.2 Å². The van der Waals surface area contributed by atoms with Crippen molar-refractivity contribution in [1.29, 1.82) is 0 Å². The first-order chi connectivity index (χ1) is 4.33. The third-order valence-corrected chi connectivity index (χ3v) is 1.15. The Bertz CT molecular complexity index is 187. The van der Waals surface area contributed by atoms with E-state index in [4.69, 9.17) is 10.2 Å². The van der Waals surface area contributed by atoms with Crippen molar-refractivity contribution >= 4 is 0 Å². The molecule has 0 aromatic rings. The molecule has 0 saturated carbocycles. The van der Waals surface area contributed by atoms with Crippen LogP contribution in [0.2, 0.25) is 0 Å². The molecule has 2 nitrogen and oxygen atoms in total. The number of aliphatic hydroxyl groups excluding tert-OH is 2. The topological polar surface area (TPSA) is 40.5 Å². The summed E-state index contributed by atoms with van der Waals surface area (Å²) in [7, 11) is 0. The van der Waals surface area contributed by atoms with Crippen LogP contribution in [-0.2, 0) is 0 Å². The average Bonchev–Trinajstić information content (AvgIpc) is 1.88. The molecule has 0 aromatic heterocycles. The monoisotopic (exact) mass is 124 g/mol. The van der Waals surface area contributed by atoms with Gasteiger partial charge in [-0.25, -0.2) is 0 Å². The summed E-state index contributed by atoms with van der Waals surface area (Å²) in [5.41, 5.74) is 0.731. The Morgan fingerprint density at radius 1 is 1.56 bits per heavy atom. The van der Waals surface area contributed by atoms with Crippen molar-refractivity contribution in [2.24, 2.45) is 0 Å². The Hall–Kier alpha value is -1.18. The summed E-state index contributed by atoms with van der Waals surface area (Å²) < 4.78 is 0. The summed E-state index contributed by atoms with van der Waals surface area (Å²) >= 11 is 0. The molecule has 0 spiro atoms. The van der Waals surface area contributed by atoms with Crippen LogP contribution in [-0.4, -0.2) is 10.2 Å². The fourth-order valence-corrected chi connectivity index (χ4v) is 0.698. The van der Waals surface area contributed by atoms with Gasteiger partial charge in [0.1, 0.15) is 0 Å². The van der Waals surface area contributed by atoms with Crippen LogP contribution in [0.15, 0.2) is 35.8 Å². The predicted molar refractivity (Wildman–Crippen MR) is 35.2 cm³/mol. The van der Waals surface area contributed by atoms with E-state index in [2.05, 4.69) is 0 Å². The SMILES string of the molecule is OC=C1C=CC=C(O)C1. The summed E-state index contributed by atoms with van der Waals surface area (Å²) in [4.78, 5) is 0. The van der Waals surface area contributed by atoms with Crippen LogP contribution in [0.4, 0.5) is 0 Å². The van der Waals surface area contributed by atoms with Gasteiger partial charge in [-0.3, -0.25) is 0 Å². The molecule has 0 aromatic carbocycles. The Kier molecular flexibility index (Phi) is 1.58. The van der Waals surface area contributed by atoms with E-state index in [1.54, 1.807) is 18.2 Å². The zero-order valence-corrected chi connectivity index (χ0v) is 4.91. The molecule has 0 atom stereocenters. The smallest absolute Gasteiger partial charge is 0.0967 e.